The summed E-state index contributed by atoms with van der Waals surface area (Å²) in [6.45, 7) is 0. The Balaban J connectivity index is 2.59. The Hall–Kier alpha value is -2.67. The number of carbonyl (C=O) groups is 2. The van der Waals surface area contributed by atoms with Gasteiger partial charge in [-0.15, -0.1) is 0 Å². The highest BCUT2D eigenvalue weighted by Gasteiger charge is 2.25. The van der Waals surface area contributed by atoms with Gasteiger partial charge in [-0.05, 0) is 12.1 Å². The van der Waals surface area contributed by atoms with E-state index in [2.05, 4.69) is 9.97 Å². The maximum absolute atomic E-state index is 12.8. The number of hydrogen-bond acceptors (Lipinski definition) is 6. The molecular formula is C16H16ClN3O4. The van der Waals surface area contributed by atoms with E-state index in [-0.39, 0.29) is 39.6 Å². The molecule has 2 rings (SSSR count). The molecule has 1 aromatic heterocycles. The normalized spacial score (nSPS) is 10.2. The predicted molar refractivity (Wildman–Crippen MR) is 88.0 cm³/mol. The maximum Gasteiger partial charge on any atom is 0.255 e. The van der Waals surface area contributed by atoms with Crippen LogP contribution in [0.2, 0.25) is 5.02 Å². The van der Waals surface area contributed by atoms with Crippen LogP contribution in [0.1, 0.15) is 26.5 Å². The summed E-state index contributed by atoms with van der Waals surface area (Å²) in [6.07, 6.45) is 0. The lowest BCUT2D eigenvalue weighted by atomic mass is 10.0. The molecule has 126 valence electrons. The highest BCUT2D eigenvalue weighted by atomic mass is 35.5. The third-order valence-corrected chi connectivity index (χ3v) is 3.49. The second kappa shape index (κ2) is 7.27. The van der Waals surface area contributed by atoms with E-state index in [9.17, 15) is 9.59 Å². The molecule has 0 fully saturated rings. The molecule has 0 aliphatic rings. The molecule has 0 N–H and O–H groups in total. The van der Waals surface area contributed by atoms with Crippen molar-refractivity contribution in [3.8, 4) is 11.8 Å². The fourth-order valence-corrected chi connectivity index (χ4v) is 2.24. The van der Waals surface area contributed by atoms with Crippen molar-refractivity contribution in [2.75, 3.05) is 28.3 Å². The molecule has 0 atom stereocenters. The number of hydrogen-bond donors (Lipinski definition) is 0. The molecule has 0 saturated heterocycles. The SMILES string of the molecule is COc1cc(OC)nc(C(=O)c2cccc(Cl)c2C(=O)N(C)C)n1. The number of aromatic nitrogens is 2. The molecule has 0 aliphatic carbocycles. The van der Waals surface area contributed by atoms with Gasteiger partial charge in [-0.2, -0.15) is 9.97 Å². The number of methoxy groups -OCH3 is 2. The van der Waals surface area contributed by atoms with Gasteiger partial charge in [0.1, 0.15) is 0 Å². The van der Waals surface area contributed by atoms with Crippen molar-refractivity contribution in [3.63, 3.8) is 0 Å². The van der Waals surface area contributed by atoms with Crippen LogP contribution in [0.25, 0.3) is 0 Å². The Morgan fingerprint density at radius 1 is 1.08 bits per heavy atom. The van der Waals surface area contributed by atoms with E-state index in [4.69, 9.17) is 21.1 Å². The minimum Gasteiger partial charge on any atom is -0.481 e. The van der Waals surface area contributed by atoms with Crippen molar-refractivity contribution in [3.05, 3.63) is 46.2 Å². The van der Waals surface area contributed by atoms with Gasteiger partial charge in [0, 0.05) is 19.7 Å². The van der Waals surface area contributed by atoms with Crippen LogP contribution in [0.3, 0.4) is 0 Å². The summed E-state index contributed by atoms with van der Waals surface area (Å²) in [7, 11) is 5.98. The molecule has 0 saturated carbocycles. The van der Waals surface area contributed by atoms with Gasteiger partial charge in [-0.1, -0.05) is 17.7 Å². The van der Waals surface area contributed by atoms with E-state index in [1.54, 1.807) is 26.2 Å². The van der Waals surface area contributed by atoms with E-state index >= 15 is 0 Å². The van der Waals surface area contributed by atoms with Crippen molar-refractivity contribution in [2.24, 2.45) is 0 Å². The molecular weight excluding hydrogens is 334 g/mol. The molecule has 8 heteroatoms. The van der Waals surface area contributed by atoms with Gasteiger partial charge in [-0.3, -0.25) is 9.59 Å². The average Bonchev–Trinajstić information content (AvgIpc) is 2.59. The lowest BCUT2D eigenvalue weighted by molar-refractivity contribution is 0.0822. The number of carbonyl (C=O) groups excluding carboxylic acids is 2. The number of amides is 1. The molecule has 24 heavy (non-hydrogen) atoms. The van der Waals surface area contributed by atoms with E-state index in [1.807, 2.05) is 0 Å². The van der Waals surface area contributed by atoms with Crippen LogP contribution in [0.5, 0.6) is 11.8 Å². The summed E-state index contributed by atoms with van der Waals surface area (Å²) in [4.78, 5) is 34.6. The third-order valence-electron chi connectivity index (χ3n) is 3.18. The minimum absolute atomic E-state index is 0.0968. The average molecular weight is 350 g/mol. The quantitative estimate of drug-likeness (QED) is 0.769. The minimum atomic E-state index is -0.556. The molecule has 1 amide bonds. The monoisotopic (exact) mass is 349 g/mol. The molecule has 0 bridgehead atoms. The summed E-state index contributed by atoms with van der Waals surface area (Å²) in [5, 5.41) is 0.175. The van der Waals surface area contributed by atoms with Crippen molar-refractivity contribution in [2.45, 2.75) is 0 Å². The van der Waals surface area contributed by atoms with Gasteiger partial charge < -0.3 is 14.4 Å². The largest absolute Gasteiger partial charge is 0.481 e. The standard InChI is InChI=1S/C16H16ClN3O4/c1-20(2)16(22)13-9(6-5-7-10(13)17)14(21)15-18-11(23-3)8-12(19-15)24-4/h5-8H,1-4H3. The van der Waals surface area contributed by atoms with Crippen LogP contribution in [0.4, 0.5) is 0 Å². The van der Waals surface area contributed by atoms with Crippen LogP contribution in [0, 0.1) is 0 Å². The zero-order valence-corrected chi connectivity index (χ0v) is 14.4. The fraction of sp³-hybridized carbons (Fsp3) is 0.250. The van der Waals surface area contributed by atoms with Gasteiger partial charge in [0.25, 0.3) is 5.91 Å². The summed E-state index contributed by atoms with van der Waals surface area (Å²) in [6, 6.07) is 6.07. The first kappa shape index (κ1) is 17.7. The van der Waals surface area contributed by atoms with E-state index in [0.717, 1.165) is 0 Å². The van der Waals surface area contributed by atoms with Crippen LogP contribution in [0.15, 0.2) is 24.3 Å². The number of ketones is 1. The Morgan fingerprint density at radius 2 is 1.67 bits per heavy atom. The summed E-state index contributed by atoms with van der Waals surface area (Å²) < 4.78 is 10.1. The summed E-state index contributed by atoms with van der Waals surface area (Å²) in [5.41, 5.74) is 0.205. The second-order valence-electron chi connectivity index (χ2n) is 4.97. The first-order valence-corrected chi connectivity index (χ1v) is 7.28. The number of benzene rings is 1. The Labute approximate surface area is 144 Å². The zero-order valence-electron chi connectivity index (χ0n) is 13.7. The van der Waals surface area contributed by atoms with Crippen molar-refractivity contribution >= 4 is 23.3 Å². The predicted octanol–water partition coefficient (Wildman–Crippen LogP) is 2.08. The molecule has 1 heterocycles. The molecule has 7 nitrogen and oxygen atoms in total. The maximum atomic E-state index is 12.8. The number of nitrogens with zero attached hydrogens (tertiary/aromatic N) is 3. The van der Waals surface area contributed by atoms with Gasteiger partial charge in [-0.25, -0.2) is 0 Å². The molecule has 1 aromatic carbocycles. The Kier molecular flexibility index (Phi) is 5.35. The van der Waals surface area contributed by atoms with Crippen LogP contribution >= 0.6 is 11.6 Å². The van der Waals surface area contributed by atoms with E-state index < -0.39 is 5.78 Å². The van der Waals surface area contributed by atoms with Crippen molar-refractivity contribution in [1.82, 2.24) is 14.9 Å². The molecule has 0 radical (unpaired) electrons. The number of rotatable bonds is 5. The van der Waals surface area contributed by atoms with Gasteiger partial charge in [0.05, 0.1) is 30.9 Å². The second-order valence-corrected chi connectivity index (χ2v) is 5.37. The third kappa shape index (κ3) is 3.46. The summed E-state index contributed by atoms with van der Waals surface area (Å²) >= 11 is 6.13. The van der Waals surface area contributed by atoms with Gasteiger partial charge in [0.15, 0.2) is 0 Å². The Morgan fingerprint density at radius 3 is 2.17 bits per heavy atom. The molecule has 2 aromatic rings. The van der Waals surface area contributed by atoms with Crippen molar-refractivity contribution in [1.29, 1.82) is 0 Å². The molecule has 0 aliphatic heterocycles. The lowest BCUT2D eigenvalue weighted by Gasteiger charge is -2.15. The van der Waals surface area contributed by atoms with E-state index in [1.165, 1.54) is 31.3 Å². The molecule has 0 unspecified atom stereocenters. The van der Waals surface area contributed by atoms with Crippen LogP contribution < -0.4 is 9.47 Å². The lowest BCUT2D eigenvalue weighted by Crippen LogP contribution is -2.25. The van der Waals surface area contributed by atoms with E-state index in [0.29, 0.717) is 0 Å². The van der Waals surface area contributed by atoms with Gasteiger partial charge in [0.2, 0.25) is 23.4 Å². The smallest absolute Gasteiger partial charge is 0.255 e. The zero-order chi connectivity index (χ0) is 17.9. The first-order valence-electron chi connectivity index (χ1n) is 6.91. The summed E-state index contributed by atoms with van der Waals surface area (Å²) in [5.74, 6) is -0.750. The fourth-order valence-electron chi connectivity index (χ4n) is 1.99. The van der Waals surface area contributed by atoms with Crippen LogP contribution in [-0.2, 0) is 0 Å². The molecule has 0 spiro atoms. The number of halogens is 1. The number of ether oxygens (including phenoxy) is 2. The topological polar surface area (TPSA) is 81.6 Å². The highest BCUT2D eigenvalue weighted by molar-refractivity contribution is 6.35. The van der Waals surface area contributed by atoms with Gasteiger partial charge >= 0.3 is 0 Å². The van der Waals surface area contributed by atoms with Crippen LogP contribution in [-0.4, -0.2) is 54.9 Å². The first-order chi connectivity index (χ1) is 11.4. The highest BCUT2D eigenvalue weighted by Crippen LogP contribution is 2.24. The Bertz CT molecular complexity index is 771. The van der Waals surface area contributed by atoms with Crippen molar-refractivity contribution < 1.29 is 19.1 Å².